The zero-order valence-electron chi connectivity index (χ0n) is 13.8. The fourth-order valence-electron chi connectivity index (χ4n) is 3.13. The molecule has 24 heavy (non-hydrogen) atoms. The van der Waals surface area contributed by atoms with Gasteiger partial charge in [-0.05, 0) is 37.3 Å². The molecular formula is C18H23N3O3. The number of anilines is 1. The van der Waals surface area contributed by atoms with Gasteiger partial charge in [-0.25, -0.2) is 0 Å². The normalized spacial score (nSPS) is 14.8. The molecule has 0 aliphatic carbocycles. The van der Waals surface area contributed by atoms with E-state index in [-0.39, 0.29) is 6.42 Å². The van der Waals surface area contributed by atoms with Crippen LogP contribution in [0.4, 0.5) is 5.69 Å². The third-order valence-corrected chi connectivity index (χ3v) is 4.33. The molecule has 1 N–H and O–H groups in total. The summed E-state index contributed by atoms with van der Waals surface area (Å²) in [5, 5.41) is 12.7. The van der Waals surface area contributed by atoms with Gasteiger partial charge in [0.1, 0.15) is 0 Å². The first kappa shape index (κ1) is 16.5. The Balaban J connectivity index is 1.67. The predicted molar refractivity (Wildman–Crippen MR) is 89.9 cm³/mol. The van der Waals surface area contributed by atoms with Crippen LogP contribution in [0, 0.1) is 0 Å². The van der Waals surface area contributed by atoms with Crippen LogP contribution in [0.5, 0.6) is 0 Å². The molecule has 6 heteroatoms. The van der Waals surface area contributed by atoms with Crippen molar-refractivity contribution >= 4 is 11.7 Å². The van der Waals surface area contributed by atoms with Crippen molar-refractivity contribution in [2.24, 2.45) is 0 Å². The number of nitrogens with zero attached hydrogens (tertiary/aromatic N) is 3. The number of aliphatic carboxylic acids is 1. The highest BCUT2D eigenvalue weighted by Crippen LogP contribution is 2.26. The first-order valence-corrected chi connectivity index (χ1v) is 8.58. The number of aryl methyl sites for hydroxylation is 2. The van der Waals surface area contributed by atoms with E-state index in [1.165, 1.54) is 24.1 Å². The second kappa shape index (κ2) is 7.95. The van der Waals surface area contributed by atoms with Crippen LogP contribution in [0.3, 0.4) is 0 Å². The second-order valence-corrected chi connectivity index (χ2v) is 6.21. The lowest BCUT2D eigenvalue weighted by Crippen LogP contribution is -2.26. The fourth-order valence-corrected chi connectivity index (χ4v) is 3.13. The molecule has 2 heterocycles. The van der Waals surface area contributed by atoms with Gasteiger partial charge in [-0.15, -0.1) is 0 Å². The van der Waals surface area contributed by atoms with Gasteiger partial charge >= 0.3 is 5.97 Å². The smallest absolute Gasteiger partial charge is 0.303 e. The molecule has 1 aromatic heterocycles. The monoisotopic (exact) mass is 329 g/mol. The highest BCUT2D eigenvalue weighted by Gasteiger charge is 2.17. The third kappa shape index (κ3) is 4.34. The maximum atomic E-state index is 10.6. The first-order valence-electron chi connectivity index (χ1n) is 8.58. The average molecular weight is 329 g/mol. The van der Waals surface area contributed by atoms with E-state index in [1.807, 2.05) is 0 Å². The van der Waals surface area contributed by atoms with E-state index < -0.39 is 5.97 Å². The van der Waals surface area contributed by atoms with Crippen LogP contribution in [0.2, 0.25) is 0 Å². The van der Waals surface area contributed by atoms with E-state index >= 15 is 0 Å². The van der Waals surface area contributed by atoms with E-state index in [0.29, 0.717) is 31.1 Å². The Morgan fingerprint density at radius 2 is 2.12 bits per heavy atom. The zero-order valence-corrected chi connectivity index (χ0v) is 13.8. The van der Waals surface area contributed by atoms with Crippen molar-refractivity contribution in [2.75, 3.05) is 11.4 Å². The minimum atomic E-state index is -0.799. The van der Waals surface area contributed by atoms with Crippen molar-refractivity contribution in [2.45, 2.75) is 51.5 Å². The lowest BCUT2D eigenvalue weighted by molar-refractivity contribution is -0.137. The summed E-state index contributed by atoms with van der Waals surface area (Å²) < 4.78 is 5.25. The van der Waals surface area contributed by atoms with Crippen LogP contribution in [0.15, 0.2) is 28.8 Å². The SMILES string of the molecule is O=C(O)CCCc1nc(CN2CCCCCc3ccccc32)no1. The standard InChI is InChI=1S/C18H23N3O3/c22-18(23)11-6-10-17-19-16(20-24-17)13-21-12-5-1-2-7-14-8-3-4-9-15(14)21/h3-4,8-9H,1-2,5-7,10-13H2,(H,22,23). The van der Waals surface area contributed by atoms with Gasteiger partial charge < -0.3 is 14.5 Å². The molecule has 0 saturated carbocycles. The number of carboxylic acids is 1. The van der Waals surface area contributed by atoms with Crippen LogP contribution in [0.25, 0.3) is 0 Å². The highest BCUT2D eigenvalue weighted by molar-refractivity contribution is 5.66. The zero-order chi connectivity index (χ0) is 16.8. The van der Waals surface area contributed by atoms with Crippen molar-refractivity contribution in [3.8, 4) is 0 Å². The molecule has 0 radical (unpaired) electrons. The summed E-state index contributed by atoms with van der Waals surface area (Å²) in [4.78, 5) is 17.3. The van der Waals surface area contributed by atoms with E-state index in [0.717, 1.165) is 19.4 Å². The summed E-state index contributed by atoms with van der Waals surface area (Å²) in [6, 6.07) is 8.52. The highest BCUT2D eigenvalue weighted by atomic mass is 16.5. The summed E-state index contributed by atoms with van der Waals surface area (Å²) in [6.45, 7) is 1.61. The second-order valence-electron chi connectivity index (χ2n) is 6.21. The molecule has 0 amide bonds. The largest absolute Gasteiger partial charge is 0.481 e. The summed E-state index contributed by atoms with van der Waals surface area (Å²) in [6.07, 6.45) is 5.89. The number of para-hydroxylation sites is 1. The Hall–Kier alpha value is -2.37. The molecule has 0 spiro atoms. The molecule has 0 bridgehead atoms. The summed E-state index contributed by atoms with van der Waals surface area (Å²) >= 11 is 0. The van der Waals surface area contributed by atoms with Crippen LogP contribution >= 0.6 is 0 Å². The van der Waals surface area contributed by atoms with Crippen molar-refractivity contribution < 1.29 is 14.4 Å². The average Bonchev–Trinajstić information content (AvgIpc) is 2.99. The molecule has 6 nitrogen and oxygen atoms in total. The number of hydrogen-bond donors (Lipinski definition) is 1. The number of rotatable bonds is 6. The Morgan fingerprint density at radius 3 is 3.00 bits per heavy atom. The minimum absolute atomic E-state index is 0.122. The van der Waals surface area contributed by atoms with Gasteiger partial charge in [0.2, 0.25) is 5.89 Å². The molecule has 1 aliphatic heterocycles. The van der Waals surface area contributed by atoms with Gasteiger partial charge in [0.15, 0.2) is 5.82 Å². The lowest BCUT2D eigenvalue weighted by Gasteiger charge is -2.28. The van der Waals surface area contributed by atoms with Gasteiger partial charge in [0.25, 0.3) is 0 Å². The van der Waals surface area contributed by atoms with E-state index in [9.17, 15) is 4.79 Å². The van der Waals surface area contributed by atoms with Gasteiger partial charge in [0.05, 0.1) is 6.54 Å². The number of fused-ring (bicyclic) bond motifs is 1. The van der Waals surface area contributed by atoms with Crippen molar-refractivity contribution in [1.29, 1.82) is 0 Å². The Bertz CT molecular complexity index is 684. The maximum absolute atomic E-state index is 10.6. The molecule has 1 aliphatic rings. The van der Waals surface area contributed by atoms with Crippen molar-refractivity contribution in [3.63, 3.8) is 0 Å². The van der Waals surface area contributed by atoms with Gasteiger partial charge in [0, 0.05) is 25.1 Å². The molecule has 0 fully saturated rings. The number of hydrogen-bond acceptors (Lipinski definition) is 5. The molecule has 1 aromatic carbocycles. The van der Waals surface area contributed by atoms with Crippen molar-refractivity contribution in [1.82, 2.24) is 10.1 Å². The molecule has 0 unspecified atom stereocenters. The van der Waals surface area contributed by atoms with E-state index in [1.54, 1.807) is 0 Å². The molecule has 3 rings (SSSR count). The third-order valence-electron chi connectivity index (χ3n) is 4.33. The Labute approximate surface area is 141 Å². The molecule has 0 saturated heterocycles. The summed E-state index contributed by atoms with van der Waals surface area (Å²) in [5.41, 5.74) is 2.64. The van der Waals surface area contributed by atoms with E-state index in [2.05, 4.69) is 39.3 Å². The lowest BCUT2D eigenvalue weighted by atomic mass is 10.0. The van der Waals surface area contributed by atoms with Gasteiger partial charge in [-0.3, -0.25) is 4.79 Å². The van der Waals surface area contributed by atoms with Crippen molar-refractivity contribution in [3.05, 3.63) is 41.5 Å². The first-order chi connectivity index (χ1) is 11.7. The molecule has 2 aromatic rings. The summed E-state index contributed by atoms with van der Waals surface area (Å²) in [5.74, 6) is 0.384. The molecule has 0 atom stereocenters. The number of aromatic nitrogens is 2. The molecule has 128 valence electrons. The maximum Gasteiger partial charge on any atom is 0.303 e. The van der Waals surface area contributed by atoms with Gasteiger partial charge in [-0.1, -0.05) is 29.8 Å². The fraction of sp³-hybridized carbons (Fsp3) is 0.500. The minimum Gasteiger partial charge on any atom is -0.481 e. The Morgan fingerprint density at radius 1 is 1.25 bits per heavy atom. The topological polar surface area (TPSA) is 79.5 Å². The summed E-state index contributed by atoms with van der Waals surface area (Å²) in [7, 11) is 0. The Kier molecular flexibility index (Phi) is 5.46. The number of carboxylic acid groups (broad SMARTS) is 1. The quantitative estimate of drug-likeness (QED) is 0.876. The van der Waals surface area contributed by atoms with Crippen LogP contribution < -0.4 is 4.90 Å². The van der Waals surface area contributed by atoms with E-state index in [4.69, 9.17) is 9.63 Å². The number of benzene rings is 1. The predicted octanol–water partition coefficient (Wildman–Crippen LogP) is 3.21. The van der Waals surface area contributed by atoms with Crippen LogP contribution in [-0.4, -0.2) is 27.8 Å². The number of carbonyl (C=O) groups is 1. The van der Waals surface area contributed by atoms with Gasteiger partial charge in [-0.2, -0.15) is 4.98 Å². The molecular weight excluding hydrogens is 306 g/mol. The van der Waals surface area contributed by atoms with Crippen LogP contribution in [-0.2, 0) is 24.2 Å². The van der Waals surface area contributed by atoms with Crippen LogP contribution in [0.1, 0.15) is 49.4 Å².